The molecule has 0 amide bonds. The smallest absolute Gasteiger partial charge is 0.119 e. The maximum absolute atomic E-state index is 6.07. The summed E-state index contributed by atoms with van der Waals surface area (Å²) in [7, 11) is 0. The molecule has 124 valence electrons. The Bertz CT molecular complexity index is 800. The first-order chi connectivity index (χ1) is 11.7. The maximum atomic E-state index is 6.07. The minimum absolute atomic E-state index is 0.307. The molecular weight excluding hydrogens is 294 g/mol. The lowest BCUT2D eigenvalue weighted by atomic mass is 9.91. The molecule has 3 rings (SSSR count). The first kappa shape index (κ1) is 16.5. The molecule has 0 fully saturated rings. The maximum Gasteiger partial charge on any atom is 0.119 e. The Morgan fingerprint density at radius 2 is 1.62 bits per heavy atom. The highest BCUT2D eigenvalue weighted by Crippen LogP contribution is 2.27. The van der Waals surface area contributed by atoms with Gasteiger partial charge in [0.2, 0.25) is 0 Å². The molecule has 0 aliphatic heterocycles. The number of fused-ring (bicyclic) bond motifs is 1. The summed E-state index contributed by atoms with van der Waals surface area (Å²) in [6, 6.07) is 21.3. The molecule has 24 heavy (non-hydrogen) atoms. The molecule has 3 aromatic rings. The third kappa shape index (κ3) is 3.77. The number of nitrogens with two attached hydrogens (primary N) is 1. The van der Waals surface area contributed by atoms with E-state index in [9.17, 15) is 0 Å². The van der Waals surface area contributed by atoms with Gasteiger partial charge in [-0.05, 0) is 72.3 Å². The fourth-order valence-electron chi connectivity index (χ4n) is 3.34. The summed E-state index contributed by atoms with van der Waals surface area (Å²) in [4.78, 5) is 0. The number of ether oxygens (including phenoxy) is 1. The summed E-state index contributed by atoms with van der Waals surface area (Å²) in [5.41, 5.74) is 9.85. The van der Waals surface area contributed by atoms with Crippen molar-refractivity contribution < 1.29 is 4.74 Å². The quantitative estimate of drug-likeness (QED) is 0.696. The van der Waals surface area contributed by atoms with Crippen molar-refractivity contribution in [3.63, 3.8) is 0 Å². The summed E-state index contributed by atoms with van der Waals surface area (Å²) in [5.74, 6) is 1.25. The van der Waals surface area contributed by atoms with Crippen molar-refractivity contribution >= 4 is 10.8 Å². The Labute approximate surface area is 144 Å². The van der Waals surface area contributed by atoms with Crippen molar-refractivity contribution in [1.29, 1.82) is 0 Å². The van der Waals surface area contributed by atoms with E-state index in [0.29, 0.717) is 19.1 Å². The second-order valence-electron chi connectivity index (χ2n) is 6.46. The number of hydrogen-bond acceptors (Lipinski definition) is 2. The molecule has 0 aliphatic rings. The van der Waals surface area contributed by atoms with Gasteiger partial charge in [-0.2, -0.15) is 0 Å². The monoisotopic (exact) mass is 319 g/mol. The molecule has 3 aromatic carbocycles. The van der Waals surface area contributed by atoms with Gasteiger partial charge in [0.1, 0.15) is 5.75 Å². The van der Waals surface area contributed by atoms with E-state index < -0.39 is 0 Å². The molecule has 2 heteroatoms. The van der Waals surface area contributed by atoms with E-state index in [1.807, 2.05) is 0 Å². The second kappa shape index (κ2) is 7.50. The first-order valence-electron chi connectivity index (χ1n) is 8.56. The largest absolute Gasteiger partial charge is 0.494 e. The van der Waals surface area contributed by atoms with Crippen LogP contribution in [-0.4, -0.2) is 13.2 Å². The molecule has 0 radical (unpaired) electrons. The molecule has 2 nitrogen and oxygen atoms in total. The minimum Gasteiger partial charge on any atom is -0.494 e. The van der Waals surface area contributed by atoms with Gasteiger partial charge in [0.25, 0.3) is 0 Å². The van der Waals surface area contributed by atoms with Gasteiger partial charge in [-0.1, -0.05) is 48.5 Å². The van der Waals surface area contributed by atoms with Crippen LogP contribution in [0.25, 0.3) is 10.8 Å². The molecule has 0 spiro atoms. The average Bonchev–Trinajstić information content (AvgIpc) is 2.58. The Kier molecular flexibility index (Phi) is 5.17. The van der Waals surface area contributed by atoms with Crippen molar-refractivity contribution in [2.45, 2.75) is 26.2 Å². The van der Waals surface area contributed by atoms with Crippen molar-refractivity contribution in [1.82, 2.24) is 0 Å². The average molecular weight is 319 g/mol. The van der Waals surface area contributed by atoms with Crippen LogP contribution in [0, 0.1) is 13.8 Å². The molecule has 0 heterocycles. The lowest BCUT2D eigenvalue weighted by molar-refractivity contribution is 0.298. The zero-order valence-corrected chi connectivity index (χ0v) is 14.5. The zero-order chi connectivity index (χ0) is 16.9. The normalized spacial score (nSPS) is 12.3. The molecule has 2 N–H and O–H groups in total. The van der Waals surface area contributed by atoms with Crippen LogP contribution in [0.5, 0.6) is 5.75 Å². The van der Waals surface area contributed by atoms with Gasteiger partial charge < -0.3 is 10.5 Å². The van der Waals surface area contributed by atoms with Crippen molar-refractivity contribution in [2.75, 3.05) is 13.2 Å². The summed E-state index contributed by atoms with van der Waals surface area (Å²) >= 11 is 0. The zero-order valence-electron chi connectivity index (χ0n) is 14.5. The van der Waals surface area contributed by atoms with Crippen LogP contribution in [0.1, 0.15) is 29.0 Å². The SMILES string of the molecule is Cc1cc(C)cc(OCCC(CN)c2cccc3ccccc23)c1. The standard InChI is InChI=1S/C22H25NO/c1-16-12-17(2)14-20(13-16)24-11-10-19(15-23)22-9-5-7-18-6-3-4-8-21(18)22/h3-9,12-14,19H,10-11,15,23H2,1-2H3. The van der Waals surface area contributed by atoms with Crippen LogP contribution in [0.15, 0.2) is 60.7 Å². The van der Waals surface area contributed by atoms with Crippen LogP contribution < -0.4 is 10.5 Å². The van der Waals surface area contributed by atoms with Gasteiger partial charge in [-0.3, -0.25) is 0 Å². The van der Waals surface area contributed by atoms with Gasteiger partial charge in [0.05, 0.1) is 6.61 Å². The Hall–Kier alpha value is -2.32. The van der Waals surface area contributed by atoms with E-state index in [4.69, 9.17) is 10.5 Å². The van der Waals surface area contributed by atoms with Gasteiger partial charge >= 0.3 is 0 Å². The molecule has 0 aliphatic carbocycles. The van der Waals surface area contributed by atoms with Gasteiger partial charge in [0, 0.05) is 0 Å². The van der Waals surface area contributed by atoms with Crippen LogP contribution in [0.2, 0.25) is 0 Å². The molecule has 1 atom stereocenters. The molecule has 0 aromatic heterocycles. The van der Waals surface area contributed by atoms with E-state index >= 15 is 0 Å². The highest BCUT2D eigenvalue weighted by molar-refractivity contribution is 5.86. The third-order valence-corrected chi connectivity index (χ3v) is 4.48. The summed E-state index contributed by atoms with van der Waals surface area (Å²) < 4.78 is 5.98. The van der Waals surface area contributed by atoms with Gasteiger partial charge in [0.15, 0.2) is 0 Å². The highest BCUT2D eigenvalue weighted by Gasteiger charge is 2.13. The predicted molar refractivity (Wildman–Crippen MR) is 102 cm³/mol. The predicted octanol–water partition coefficient (Wildman–Crippen LogP) is 4.97. The lowest BCUT2D eigenvalue weighted by Gasteiger charge is -2.18. The second-order valence-corrected chi connectivity index (χ2v) is 6.46. The third-order valence-electron chi connectivity index (χ3n) is 4.48. The number of rotatable bonds is 6. The van der Waals surface area contributed by atoms with E-state index in [1.54, 1.807) is 0 Å². The molecule has 1 unspecified atom stereocenters. The van der Waals surface area contributed by atoms with E-state index in [0.717, 1.165) is 12.2 Å². The van der Waals surface area contributed by atoms with Crippen molar-refractivity contribution in [3.05, 3.63) is 77.4 Å². The van der Waals surface area contributed by atoms with Gasteiger partial charge in [-0.15, -0.1) is 0 Å². The first-order valence-corrected chi connectivity index (χ1v) is 8.56. The Morgan fingerprint density at radius 1 is 0.917 bits per heavy atom. The Morgan fingerprint density at radius 3 is 2.38 bits per heavy atom. The van der Waals surface area contributed by atoms with E-state index in [-0.39, 0.29) is 0 Å². The van der Waals surface area contributed by atoms with Crippen LogP contribution in [-0.2, 0) is 0 Å². The number of benzene rings is 3. The van der Waals surface area contributed by atoms with Crippen LogP contribution in [0.3, 0.4) is 0 Å². The summed E-state index contributed by atoms with van der Waals surface area (Å²) in [5, 5.41) is 2.56. The molecular formula is C22H25NO. The van der Waals surface area contributed by atoms with Crippen molar-refractivity contribution in [2.24, 2.45) is 5.73 Å². The summed E-state index contributed by atoms with van der Waals surface area (Å²) in [6.45, 7) is 5.50. The minimum atomic E-state index is 0.307. The van der Waals surface area contributed by atoms with E-state index in [2.05, 4.69) is 74.5 Å². The van der Waals surface area contributed by atoms with Crippen LogP contribution in [0.4, 0.5) is 0 Å². The topological polar surface area (TPSA) is 35.2 Å². The molecule has 0 bridgehead atoms. The summed E-state index contributed by atoms with van der Waals surface area (Å²) in [6.07, 6.45) is 0.914. The van der Waals surface area contributed by atoms with Crippen LogP contribution >= 0.6 is 0 Å². The number of aryl methyl sites for hydroxylation is 2. The lowest BCUT2D eigenvalue weighted by Crippen LogP contribution is -2.16. The van der Waals surface area contributed by atoms with Crippen molar-refractivity contribution in [3.8, 4) is 5.75 Å². The van der Waals surface area contributed by atoms with Gasteiger partial charge in [-0.25, -0.2) is 0 Å². The van der Waals surface area contributed by atoms with E-state index in [1.165, 1.54) is 27.5 Å². The highest BCUT2D eigenvalue weighted by atomic mass is 16.5. The fraction of sp³-hybridized carbons (Fsp3) is 0.273. The Balaban J connectivity index is 1.72. The molecule has 0 saturated heterocycles. The number of hydrogen-bond donors (Lipinski definition) is 1. The molecule has 0 saturated carbocycles. The fourth-order valence-corrected chi connectivity index (χ4v) is 3.34.